The zero-order chi connectivity index (χ0) is 24.4. The summed E-state index contributed by atoms with van der Waals surface area (Å²) in [6.07, 6.45) is 8.67. The van der Waals surface area contributed by atoms with Gasteiger partial charge in [-0.1, -0.05) is 62.4 Å². The molecule has 1 N–H and O–H groups in total. The summed E-state index contributed by atoms with van der Waals surface area (Å²) >= 11 is 0. The number of fused-ring (bicyclic) bond motifs is 1. The number of rotatable bonds is 7. The minimum absolute atomic E-state index is 0.0583. The molecule has 0 unspecified atom stereocenters. The van der Waals surface area contributed by atoms with Gasteiger partial charge in [-0.3, -0.25) is 4.79 Å². The summed E-state index contributed by atoms with van der Waals surface area (Å²) in [6.45, 7) is 0. The molecule has 1 heterocycles. The van der Waals surface area contributed by atoms with E-state index in [1.165, 1.54) is 6.07 Å². The Morgan fingerprint density at radius 2 is 1.66 bits per heavy atom. The number of benzene rings is 2. The summed E-state index contributed by atoms with van der Waals surface area (Å²) in [5.41, 5.74) is 1.62. The first-order valence-corrected chi connectivity index (χ1v) is 12.8. The molecule has 1 aromatic heterocycles. The molecule has 2 saturated carbocycles. The molecule has 0 bridgehead atoms. The lowest BCUT2D eigenvalue weighted by molar-refractivity contribution is -0.127. The van der Waals surface area contributed by atoms with E-state index in [0.717, 1.165) is 69.4 Å². The van der Waals surface area contributed by atoms with Gasteiger partial charge in [-0.25, -0.2) is 13.8 Å². The van der Waals surface area contributed by atoms with Crippen LogP contribution in [0.1, 0.15) is 81.3 Å². The van der Waals surface area contributed by atoms with E-state index in [4.69, 9.17) is 9.72 Å². The molecule has 35 heavy (non-hydrogen) atoms. The van der Waals surface area contributed by atoms with Crippen LogP contribution in [0.2, 0.25) is 0 Å². The zero-order valence-electron chi connectivity index (χ0n) is 20.2. The van der Waals surface area contributed by atoms with Crippen molar-refractivity contribution in [2.75, 3.05) is 7.11 Å². The Balaban J connectivity index is 1.68. The summed E-state index contributed by atoms with van der Waals surface area (Å²) < 4.78 is 36.5. The number of halogens is 2. The number of carbonyl (C=O) groups is 1. The fraction of sp³-hybridized carbons (Fsp3) is 0.500. The third kappa shape index (κ3) is 4.83. The molecule has 1 amide bonds. The van der Waals surface area contributed by atoms with Crippen molar-refractivity contribution in [3.8, 4) is 0 Å². The molecule has 0 spiro atoms. The normalized spacial score (nSPS) is 19.2. The lowest BCUT2D eigenvalue weighted by Gasteiger charge is -2.33. The number of amides is 1. The molecular formula is C28H33F2N3O2. The number of methoxy groups -OCH3 is 1. The molecule has 5 rings (SSSR count). The molecule has 2 atom stereocenters. The summed E-state index contributed by atoms with van der Waals surface area (Å²) in [5.74, 6) is -1.37. The minimum atomic E-state index is -0.952. The largest absolute Gasteiger partial charge is 0.369 e. The van der Waals surface area contributed by atoms with Gasteiger partial charge in [0.15, 0.2) is 11.6 Å². The first-order chi connectivity index (χ1) is 17.1. The number of nitrogens with one attached hydrogen (secondary N) is 1. The Morgan fingerprint density at radius 3 is 2.34 bits per heavy atom. The highest BCUT2D eigenvalue weighted by Gasteiger charge is 2.37. The van der Waals surface area contributed by atoms with Crippen LogP contribution in [0.5, 0.6) is 0 Å². The van der Waals surface area contributed by atoms with Crippen molar-refractivity contribution in [2.24, 2.45) is 5.92 Å². The average Bonchev–Trinajstić information content (AvgIpc) is 3.50. The van der Waals surface area contributed by atoms with Crippen molar-refractivity contribution in [3.63, 3.8) is 0 Å². The molecule has 7 heteroatoms. The maximum absolute atomic E-state index is 14.5. The highest BCUT2D eigenvalue weighted by Crippen LogP contribution is 2.39. The van der Waals surface area contributed by atoms with Crippen LogP contribution in [0.4, 0.5) is 8.78 Å². The van der Waals surface area contributed by atoms with Gasteiger partial charge in [0.05, 0.1) is 11.0 Å². The van der Waals surface area contributed by atoms with Gasteiger partial charge in [0.2, 0.25) is 5.91 Å². The van der Waals surface area contributed by atoms with E-state index in [1.54, 1.807) is 7.11 Å². The summed E-state index contributed by atoms with van der Waals surface area (Å²) in [6, 6.07) is 11.5. The van der Waals surface area contributed by atoms with E-state index < -0.39 is 23.8 Å². The van der Waals surface area contributed by atoms with E-state index in [9.17, 15) is 13.6 Å². The Hall–Kier alpha value is -2.80. The molecule has 3 aromatic rings. The van der Waals surface area contributed by atoms with Crippen molar-refractivity contribution < 1.29 is 18.3 Å². The van der Waals surface area contributed by atoms with Crippen LogP contribution in [0, 0.1) is 17.6 Å². The topological polar surface area (TPSA) is 56.2 Å². The molecule has 2 aliphatic carbocycles. The van der Waals surface area contributed by atoms with E-state index in [0.29, 0.717) is 16.9 Å². The zero-order valence-corrected chi connectivity index (χ0v) is 20.2. The number of ether oxygens (including phenoxy) is 1. The lowest BCUT2D eigenvalue weighted by atomic mass is 9.83. The highest BCUT2D eigenvalue weighted by atomic mass is 19.2. The fourth-order valence-corrected chi connectivity index (χ4v) is 5.95. The number of hydrogen-bond donors (Lipinski definition) is 1. The van der Waals surface area contributed by atoms with Gasteiger partial charge in [0.25, 0.3) is 0 Å². The van der Waals surface area contributed by atoms with Gasteiger partial charge >= 0.3 is 0 Å². The molecule has 2 aliphatic rings. The fourth-order valence-electron chi connectivity index (χ4n) is 5.95. The van der Waals surface area contributed by atoms with Gasteiger partial charge < -0.3 is 14.6 Å². The number of carbonyl (C=O) groups excluding carboxylic acids is 1. The van der Waals surface area contributed by atoms with E-state index in [1.807, 2.05) is 34.9 Å². The van der Waals surface area contributed by atoms with Crippen LogP contribution < -0.4 is 5.32 Å². The number of hydrogen-bond acceptors (Lipinski definition) is 3. The van der Waals surface area contributed by atoms with Crippen molar-refractivity contribution in [2.45, 2.75) is 76.0 Å². The molecule has 2 aromatic carbocycles. The van der Waals surface area contributed by atoms with Crippen LogP contribution in [0.25, 0.3) is 11.0 Å². The van der Waals surface area contributed by atoms with Crippen LogP contribution in [-0.2, 0) is 9.53 Å². The monoisotopic (exact) mass is 481 g/mol. The smallest absolute Gasteiger partial charge is 0.243 e. The van der Waals surface area contributed by atoms with Crippen molar-refractivity contribution in [1.29, 1.82) is 0 Å². The molecule has 5 nitrogen and oxygen atoms in total. The van der Waals surface area contributed by atoms with Crippen molar-refractivity contribution in [3.05, 3.63) is 65.5 Å². The second-order valence-electron chi connectivity index (χ2n) is 9.95. The summed E-state index contributed by atoms with van der Waals surface area (Å²) in [5, 5.41) is 3.28. The maximum Gasteiger partial charge on any atom is 0.243 e. The van der Waals surface area contributed by atoms with E-state index in [2.05, 4.69) is 5.32 Å². The lowest BCUT2D eigenvalue weighted by Crippen LogP contribution is -2.42. The highest BCUT2D eigenvalue weighted by molar-refractivity contribution is 5.85. The van der Waals surface area contributed by atoms with Crippen LogP contribution in [0.15, 0.2) is 42.5 Å². The molecule has 0 radical (unpaired) electrons. The van der Waals surface area contributed by atoms with Crippen molar-refractivity contribution in [1.82, 2.24) is 14.9 Å². The van der Waals surface area contributed by atoms with Gasteiger partial charge in [0, 0.05) is 25.3 Å². The number of nitrogens with zero attached hydrogens (tertiary/aromatic N) is 2. The Bertz CT molecular complexity index is 1170. The molecule has 0 saturated heterocycles. The van der Waals surface area contributed by atoms with Crippen LogP contribution in [0.3, 0.4) is 0 Å². The van der Waals surface area contributed by atoms with Gasteiger partial charge in [-0.05, 0) is 37.2 Å². The quantitative estimate of drug-likeness (QED) is 0.435. The SMILES string of the molecule is CO[C@@H](c1ccccc1)c1nc2cc(F)c(F)cc2n1[C@@H](C(=O)NC1CCCC1)C1CCCCC1. The summed E-state index contributed by atoms with van der Waals surface area (Å²) in [4.78, 5) is 18.7. The van der Waals surface area contributed by atoms with Gasteiger partial charge in [-0.15, -0.1) is 0 Å². The minimum Gasteiger partial charge on any atom is -0.369 e. The predicted octanol–water partition coefficient (Wildman–Crippen LogP) is 6.23. The Kier molecular flexibility index (Phi) is 7.14. The van der Waals surface area contributed by atoms with Gasteiger partial charge in [0.1, 0.15) is 18.0 Å². The standard InChI is InChI=1S/C28H33F2N3O2/c1-35-26(19-12-6-3-7-13-19)27-32-23-16-21(29)22(30)17-24(23)33(27)25(18-10-4-2-5-11-18)28(34)31-20-14-8-9-15-20/h3,6-7,12-13,16-18,20,25-26H,2,4-5,8-11,14-15H2,1H3,(H,31,34)/t25-,26+/m1/s1. The number of aromatic nitrogens is 2. The van der Waals surface area contributed by atoms with Gasteiger partial charge in [-0.2, -0.15) is 0 Å². The second-order valence-corrected chi connectivity index (χ2v) is 9.95. The first-order valence-electron chi connectivity index (χ1n) is 12.8. The Morgan fingerprint density at radius 1 is 1.00 bits per heavy atom. The molecule has 186 valence electrons. The average molecular weight is 482 g/mol. The van der Waals surface area contributed by atoms with E-state index >= 15 is 0 Å². The Labute approximate surface area is 204 Å². The second kappa shape index (κ2) is 10.4. The van der Waals surface area contributed by atoms with E-state index in [-0.39, 0.29) is 17.9 Å². The first kappa shape index (κ1) is 23.9. The third-order valence-corrected chi connectivity index (χ3v) is 7.68. The molecule has 0 aliphatic heterocycles. The predicted molar refractivity (Wildman–Crippen MR) is 131 cm³/mol. The third-order valence-electron chi connectivity index (χ3n) is 7.68. The molecule has 2 fully saturated rings. The number of imidazole rings is 1. The summed E-state index contributed by atoms with van der Waals surface area (Å²) in [7, 11) is 1.59. The molecular weight excluding hydrogens is 448 g/mol. The van der Waals surface area contributed by atoms with Crippen LogP contribution >= 0.6 is 0 Å². The van der Waals surface area contributed by atoms with Crippen LogP contribution in [-0.4, -0.2) is 28.6 Å². The maximum atomic E-state index is 14.5. The van der Waals surface area contributed by atoms with Crippen molar-refractivity contribution >= 4 is 16.9 Å².